The van der Waals surface area contributed by atoms with Gasteiger partial charge in [0.2, 0.25) is 5.89 Å². The molecule has 0 N–H and O–H groups in total. The van der Waals surface area contributed by atoms with Crippen LogP contribution < -0.4 is 4.90 Å². The molecule has 0 fully saturated rings. The molecule has 96 valence electrons. The molecule has 2 aromatic carbocycles. The van der Waals surface area contributed by atoms with Crippen molar-refractivity contribution in [3.63, 3.8) is 0 Å². The number of oxazole rings is 1. The van der Waals surface area contributed by atoms with Crippen LogP contribution in [-0.4, -0.2) is 19.1 Å². The molecule has 3 rings (SSSR count). The van der Waals surface area contributed by atoms with Gasteiger partial charge in [0.25, 0.3) is 0 Å². The number of aromatic nitrogens is 1. The smallest absolute Gasteiger partial charge is 0.227 e. The third-order valence-corrected chi connectivity index (χ3v) is 3.47. The molecule has 19 heavy (non-hydrogen) atoms. The molecule has 0 spiro atoms. The van der Waals surface area contributed by atoms with Crippen molar-refractivity contribution in [2.45, 2.75) is 0 Å². The van der Waals surface area contributed by atoms with E-state index in [2.05, 4.69) is 37.9 Å². The lowest BCUT2D eigenvalue weighted by Crippen LogP contribution is -2.07. The predicted molar refractivity (Wildman–Crippen MR) is 81.5 cm³/mol. The van der Waals surface area contributed by atoms with E-state index < -0.39 is 0 Å². The summed E-state index contributed by atoms with van der Waals surface area (Å²) in [6, 6.07) is 14.0. The first-order valence-corrected chi connectivity index (χ1v) is 6.76. The van der Waals surface area contributed by atoms with Gasteiger partial charge >= 0.3 is 0 Å². The third kappa shape index (κ3) is 2.36. The Bertz CT molecular complexity index is 717. The topological polar surface area (TPSA) is 29.3 Å². The monoisotopic (exact) mass is 316 g/mol. The number of hydrogen-bond donors (Lipinski definition) is 0. The maximum absolute atomic E-state index is 5.76. The van der Waals surface area contributed by atoms with Gasteiger partial charge in [-0.2, -0.15) is 0 Å². The number of anilines is 1. The zero-order valence-electron chi connectivity index (χ0n) is 10.7. The molecule has 0 unspecified atom stereocenters. The number of fused-ring (bicyclic) bond motifs is 1. The molecule has 0 atom stereocenters. The van der Waals surface area contributed by atoms with Crippen molar-refractivity contribution in [1.29, 1.82) is 0 Å². The summed E-state index contributed by atoms with van der Waals surface area (Å²) >= 11 is 3.44. The van der Waals surface area contributed by atoms with Gasteiger partial charge < -0.3 is 9.32 Å². The molecule has 0 aliphatic rings. The van der Waals surface area contributed by atoms with Gasteiger partial charge in [-0.1, -0.05) is 15.9 Å². The molecule has 3 nitrogen and oxygen atoms in total. The fourth-order valence-corrected chi connectivity index (χ4v) is 2.28. The number of benzene rings is 2. The average molecular weight is 317 g/mol. The van der Waals surface area contributed by atoms with Crippen LogP contribution in [0.5, 0.6) is 0 Å². The normalized spacial score (nSPS) is 10.9. The van der Waals surface area contributed by atoms with Gasteiger partial charge in [-0.25, -0.2) is 4.98 Å². The molecule has 0 amide bonds. The van der Waals surface area contributed by atoms with Crippen LogP contribution in [0.15, 0.2) is 51.4 Å². The molecule has 0 aliphatic carbocycles. The standard InChI is InChI=1S/C15H13BrN2O/c1-18(2)12-6-3-10(4-7-12)15-17-13-9-11(16)5-8-14(13)19-15/h3-9H,1-2H3. The van der Waals surface area contributed by atoms with Gasteiger partial charge in [0.1, 0.15) is 5.52 Å². The molecule has 4 heteroatoms. The first kappa shape index (κ1) is 12.2. The number of halogens is 1. The van der Waals surface area contributed by atoms with E-state index in [0.717, 1.165) is 26.8 Å². The summed E-state index contributed by atoms with van der Waals surface area (Å²) in [4.78, 5) is 6.57. The Morgan fingerprint density at radius 3 is 2.47 bits per heavy atom. The van der Waals surface area contributed by atoms with Crippen LogP contribution in [0.1, 0.15) is 0 Å². The highest BCUT2D eigenvalue weighted by molar-refractivity contribution is 9.10. The minimum Gasteiger partial charge on any atom is -0.436 e. The quantitative estimate of drug-likeness (QED) is 0.705. The van der Waals surface area contributed by atoms with Crippen LogP contribution in [0.25, 0.3) is 22.6 Å². The molecule has 1 aromatic heterocycles. The zero-order chi connectivity index (χ0) is 13.4. The van der Waals surface area contributed by atoms with E-state index in [0.29, 0.717) is 5.89 Å². The van der Waals surface area contributed by atoms with Crippen LogP contribution in [0.2, 0.25) is 0 Å². The van der Waals surface area contributed by atoms with E-state index in [9.17, 15) is 0 Å². The van der Waals surface area contributed by atoms with E-state index in [1.165, 1.54) is 0 Å². The second kappa shape index (κ2) is 4.70. The highest BCUT2D eigenvalue weighted by Gasteiger charge is 2.08. The fourth-order valence-electron chi connectivity index (χ4n) is 1.93. The van der Waals surface area contributed by atoms with E-state index in [4.69, 9.17) is 4.42 Å². The summed E-state index contributed by atoms with van der Waals surface area (Å²) in [7, 11) is 4.04. The van der Waals surface area contributed by atoms with Crippen molar-refractivity contribution in [1.82, 2.24) is 4.98 Å². The second-order valence-corrected chi connectivity index (χ2v) is 5.49. The van der Waals surface area contributed by atoms with Gasteiger partial charge in [-0.15, -0.1) is 0 Å². The summed E-state index contributed by atoms with van der Waals surface area (Å²) in [6.07, 6.45) is 0. The van der Waals surface area contributed by atoms with Gasteiger partial charge in [0, 0.05) is 29.8 Å². The van der Waals surface area contributed by atoms with E-state index in [-0.39, 0.29) is 0 Å². The fraction of sp³-hybridized carbons (Fsp3) is 0.133. The minimum atomic E-state index is 0.651. The summed E-state index contributed by atoms with van der Waals surface area (Å²) in [5, 5.41) is 0. The first-order valence-electron chi connectivity index (χ1n) is 5.97. The van der Waals surface area contributed by atoms with Crippen LogP contribution in [0.4, 0.5) is 5.69 Å². The molecule has 0 saturated carbocycles. The van der Waals surface area contributed by atoms with Crippen molar-refractivity contribution >= 4 is 32.7 Å². The van der Waals surface area contributed by atoms with Gasteiger partial charge in [-0.3, -0.25) is 0 Å². The van der Waals surface area contributed by atoms with Crippen molar-refractivity contribution in [2.24, 2.45) is 0 Å². The maximum atomic E-state index is 5.76. The molecular weight excluding hydrogens is 304 g/mol. The zero-order valence-corrected chi connectivity index (χ0v) is 12.3. The lowest BCUT2D eigenvalue weighted by atomic mass is 10.2. The minimum absolute atomic E-state index is 0.651. The van der Waals surface area contributed by atoms with Crippen LogP contribution in [-0.2, 0) is 0 Å². The van der Waals surface area contributed by atoms with Crippen molar-refractivity contribution in [3.05, 3.63) is 46.9 Å². The Kier molecular flexibility index (Phi) is 3.03. The van der Waals surface area contributed by atoms with Crippen molar-refractivity contribution in [3.8, 4) is 11.5 Å². The lowest BCUT2D eigenvalue weighted by molar-refractivity contribution is 0.620. The predicted octanol–water partition coefficient (Wildman–Crippen LogP) is 4.32. The van der Waals surface area contributed by atoms with Gasteiger partial charge in [0.15, 0.2) is 5.58 Å². The summed E-state index contributed by atoms with van der Waals surface area (Å²) in [6.45, 7) is 0. The largest absolute Gasteiger partial charge is 0.436 e. The molecular formula is C15H13BrN2O. The highest BCUT2D eigenvalue weighted by atomic mass is 79.9. The van der Waals surface area contributed by atoms with E-state index in [1.54, 1.807) is 0 Å². The Morgan fingerprint density at radius 1 is 1.05 bits per heavy atom. The van der Waals surface area contributed by atoms with Gasteiger partial charge in [-0.05, 0) is 42.5 Å². The number of rotatable bonds is 2. The molecule has 0 bridgehead atoms. The average Bonchev–Trinajstić information content (AvgIpc) is 2.81. The lowest BCUT2D eigenvalue weighted by Gasteiger charge is -2.11. The Hall–Kier alpha value is -1.81. The first-order chi connectivity index (χ1) is 9.13. The molecule has 0 aliphatic heterocycles. The Balaban J connectivity index is 2.03. The van der Waals surface area contributed by atoms with E-state index in [1.807, 2.05) is 44.4 Å². The second-order valence-electron chi connectivity index (χ2n) is 4.57. The maximum Gasteiger partial charge on any atom is 0.227 e. The SMILES string of the molecule is CN(C)c1ccc(-c2nc3cc(Br)ccc3o2)cc1. The molecule has 1 heterocycles. The number of nitrogens with zero attached hydrogens (tertiary/aromatic N) is 2. The molecule has 3 aromatic rings. The Labute approximate surface area is 120 Å². The Morgan fingerprint density at radius 2 is 1.79 bits per heavy atom. The highest BCUT2D eigenvalue weighted by Crippen LogP contribution is 2.27. The van der Waals surface area contributed by atoms with Crippen LogP contribution >= 0.6 is 15.9 Å². The van der Waals surface area contributed by atoms with Crippen LogP contribution in [0.3, 0.4) is 0 Å². The molecule has 0 radical (unpaired) electrons. The number of hydrogen-bond acceptors (Lipinski definition) is 3. The summed E-state index contributed by atoms with van der Waals surface area (Å²) in [5.74, 6) is 0.651. The molecule has 0 saturated heterocycles. The van der Waals surface area contributed by atoms with E-state index >= 15 is 0 Å². The van der Waals surface area contributed by atoms with Crippen molar-refractivity contribution in [2.75, 3.05) is 19.0 Å². The van der Waals surface area contributed by atoms with Gasteiger partial charge in [0.05, 0.1) is 0 Å². The van der Waals surface area contributed by atoms with Crippen LogP contribution in [0, 0.1) is 0 Å². The summed E-state index contributed by atoms with van der Waals surface area (Å²) < 4.78 is 6.77. The summed E-state index contributed by atoms with van der Waals surface area (Å²) in [5.41, 5.74) is 3.80. The third-order valence-electron chi connectivity index (χ3n) is 2.98. The van der Waals surface area contributed by atoms with Crippen molar-refractivity contribution < 1.29 is 4.42 Å².